The Kier molecular flexibility index (Phi) is 7.39. The number of alkyl carbamates (subject to hydrolysis) is 1. The molecule has 188 valence electrons. The first-order valence-corrected chi connectivity index (χ1v) is 12.8. The summed E-state index contributed by atoms with van der Waals surface area (Å²) in [7, 11) is 0. The summed E-state index contributed by atoms with van der Waals surface area (Å²) in [6.45, 7) is 6.07. The van der Waals surface area contributed by atoms with Crippen molar-refractivity contribution in [1.29, 1.82) is 0 Å². The summed E-state index contributed by atoms with van der Waals surface area (Å²) in [6, 6.07) is 6.72. The zero-order chi connectivity index (χ0) is 25.2. The molecule has 10 heteroatoms. The van der Waals surface area contributed by atoms with E-state index in [1.54, 1.807) is 61.7 Å². The molecule has 1 fully saturated rings. The zero-order valence-corrected chi connectivity index (χ0v) is 21.2. The third-order valence-corrected chi connectivity index (χ3v) is 7.30. The first-order chi connectivity index (χ1) is 16.6. The number of hydrogen-bond donors (Lipinski definition) is 2. The molecule has 2 amide bonds. The third-order valence-electron chi connectivity index (χ3n) is 6.01. The molecule has 2 heterocycles. The summed E-state index contributed by atoms with van der Waals surface area (Å²) in [5.41, 5.74) is 0.688. The minimum Gasteiger partial charge on any atom is -0.506 e. The first-order valence-electron chi connectivity index (χ1n) is 12.0. The molecule has 2 aliphatic rings. The average Bonchev–Trinajstić information content (AvgIpc) is 2.76. The van der Waals surface area contributed by atoms with Crippen LogP contribution in [-0.2, 0) is 22.5 Å². The van der Waals surface area contributed by atoms with E-state index >= 15 is 0 Å². The number of phenolic OH excluding ortho intramolecular Hbond substituents is 1. The van der Waals surface area contributed by atoms with Crippen molar-refractivity contribution in [2.75, 3.05) is 13.1 Å². The van der Waals surface area contributed by atoms with Gasteiger partial charge >= 0.3 is 6.09 Å². The molecule has 4 rings (SSSR count). The van der Waals surface area contributed by atoms with E-state index in [9.17, 15) is 19.5 Å². The van der Waals surface area contributed by atoms with Crippen LogP contribution in [0.4, 0.5) is 4.79 Å². The van der Waals surface area contributed by atoms with Crippen LogP contribution < -0.4 is 10.9 Å². The van der Waals surface area contributed by atoms with Gasteiger partial charge in [0.1, 0.15) is 11.4 Å². The molecule has 2 aromatic rings. The Bertz CT molecular complexity index is 1170. The van der Waals surface area contributed by atoms with Gasteiger partial charge in [-0.3, -0.25) is 14.2 Å². The van der Waals surface area contributed by atoms with E-state index in [-0.39, 0.29) is 36.7 Å². The molecule has 1 aliphatic carbocycles. The highest BCUT2D eigenvalue weighted by molar-refractivity contribution is 7.99. The number of carbonyl (C=O) groups is 2. The van der Waals surface area contributed by atoms with Crippen LogP contribution in [0.5, 0.6) is 5.75 Å². The first kappa shape index (κ1) is 25.1. The Hall–Kier alpha value is -3.01. The number of phenols is 1. The van der Waals surface area contributed by atoms with E-state index in [0.29, 0.717) is 40.3 Å². The van der Waals surface area contributed by atoms with E-state index in [0.717, 1.165) is 12.8 Å². The van der Waals surface area contributed by atoms with Crippen LogP contribution in [0.1, 0.15) is 57.7 Å². The van der Waals surface area contributed by atoms with Gasteiger partial charge in [-0.05, 0) is 45.7 Å². The van der Waals surface area contributed by atoms with Gasteiger partial charge in [0.2, 0.25) is 5.91 Å². The molecular weight excluding hydrogens is 468 g/mol. The summed E-state index contributed by atoms with van der Waals surface area (Å²) < 4.78 is 6.67. The van der Waals surface area contributed by atoms with Gasteiger partial charge in [-0.2, -0.15) is 0 Å². The number of rotatable bonds is 6. The molecule has 0 saturated heterocycles. The van der Waals surface area contributed by atoms with E-state index in [1.165, 1.54) is 11.0 Å². The van der Waals surface area contributed by atoms with Gasteiger partial charge in [0, 0.05) is 31.2 Å². The molecule has 1 aromatic heterocycles. The Morgan fingerprint density at radius 2 is 2.00 bits per heavy atom. The predicted molar refractivity (Wildman–Crippen MR) is 133 cm³/mol. The van der Waals surface area contributed by atoms with E-state index in [2.05, 4.69) is 5.32 Å². The standard InChI is InChI=1S/C25H32N4O5S/c1-25(2,3)34-24(33)26-13-11-21(31)28-14-12-18-17(15-28)22(32)29(19-9-4-5-10-20(19)30)23(27-18)35-16-7-6-8-16/h4-5,9-10,16,30H,6-8,11-15H2,1-3H3,(H,26,33). The zero-order valence-electron chi connectivity index (χ0n) is 20.4. The summed E-state index contributed by atoms with van der Waals surface area (Å²) in [5, 5.41) is 14.1. The van der Waals surface area contributed by atoms with Crippen molar-refractivity contribution >= 4 is 23.8 Å². The molecule has 0 spiro atoms. The fraction of sp³-hybridized carbons (Fsp3) is 0.520. The smallest absolute Gasteiger partial charge is 0.407 e. The fourth-order valence-electron chi connectivity index (χ4n) is 3.99. The number of carbonyl (C=O) groups excluding carboxylic acids is 2. The lowest BCUT2D eigenvalue weighted by atomic mass is 10.0. The van der Waals surface area contributed by atoms with E-state index in [1.807, 2.05) is 0 Å². The molecular formula is C25H32N4O5S. The Balaban J connectivity index is 1.52. The minimum absolute atomic E-state index is 0.00349. The number of hydrogen-bond acceptors (Lipinski definition) is 7. The fourth-order valence-corrected chi connectivity index (χ4v) is 5.31. The third kappa shape index (κ3) is 5.98. The van der Waals surface area contributed by atoms with Crippen LogP contribution >= 0.6 is 11.8 Å². The maximum atomic E-state index is 13.7. The highest BCUT2D eigenvalue weighted by atomic mass is 32.2. The molecule has 0 bridgehead atoms. The number of fused-ring (bicyclic) bond motifs is 1. The van der Waals surface area contributed by atoms with Gasteiger partial charge in [-0.15, -0.1) is 0 Å². The summed E-state index contributed by atoms with van der Waals surface area (Å²) in [4.78, 5) is 44.8. The second-order valence-electron chi connectivity index (χ2n) is 9.86. The van der Waals surface area contributed by atoms with Crippen molar-refractivity contribution in [2.24, 2.45) is 0 Å². The van der Waals surface area contributed by atoms with Crippen LogP contribution in [0, 0.1) is 0 Å². The number of thioether (sulfide) groups is 1. The minimum atomic E-state index is -0.611. The van der Waals surface area contributed by atoms with Crippen molar-refractivity contribution in [1.82, 2.24) is 19.8 Å². The van der Waals surface area contributed by atoms with Crippen molar-refractivity contribution in [3.63, 3.8) is 0 Å². The van der Waals surface area contributed by atoms with E-state index < -0.39 is 11.7 Å². The molecule has 1 saturated carbocycles. The number of aromatic hydroxyl groups is 1. The Labute approximate surface area is 208 Å². The SMILES string of the molecule is CC(C)(C)OC(=O)NCCC(=O)N1CCc2nc(SC3CCC3)n(-c3ccccc3O)c(=O)c2C1. The van der Waals surface area contributed by atoms with Gasteiger partial charge < -0.3 is 20.1 Å². The summed E-state index contributed by atoms with van der Waals surface area (Å²) in [6.07, 6.45) is 3.35. The van der Waals surface area contributed by atoms with Crippen molar-refractivity contribution in [3.05, 3.63) is 45.9 Å². The lowest BCUT2D eigenvalue weighted by molar-refractivity contribution is -0.132. The van der Waals surface area contributed by atoms with Crippen molar-refractivity contribution in [3.8, 4) is 11.4 Å². The van der Waals surface area contributed by atoms with E-state index in [4.69, 9.17) is 9.72 Å². The quantitative estimate of drug-likeness (QED) is 0.585. The number of nitrogens with one attached hydrogen (secondary N) is 1. The second kappa shape index (κ2) is 10.3. The highest BCUT2D eigenvalue weighted by Gasteiger charge is 2.29. The Morgan fingerprint density at radius 1 is 1.26 bits per heavy atom. The van der Waals surface area contributed by atoms with Crippen LogP contribution in [0.2, 0.25) is 0 Å². The van der Waals surface area contributed by atoms with Gasteiger partial charge in [0.25, 0.3) is 5.56 Å². The van der Waals surface area contributed by atoms with Gasteiger partial charge in [0.15, 0.2) is 5.16 Å². The molecule has 1 aromatic carbocycles. The van der Waals surface area contributed by atoms with Crippen LogP contribution in [-0.4, -0.2) is 55.5 Å². The Morgan fingerprint density at radius 3 is 2.66 bits per heavy atom. The molecule has 0 radical (unpaired) electrons. The topological polar surface area (TPSA) is 114 Å². The molecule has 0 atom stereocenters. The number of amides is 2. The maximum Gasteiger partial charge on any atom is 0.407 e. The van der Waals surface area contributed by atoms with Crippen molar-refractivity contribution < 1.29 is 19.4 Å². The summed E-state index contributed by atoms with van der Waals surface area (Å²) >= 11 is 1.58. The molecule has 0 unspecified atom stereocenters. The maximum absolute atomic E-state index is 13.7. The monoisotopic (exact) mass is 500 g/mol. The van der Waals surface area contributed by atoms with Gasteiger partial charge in [-0.1, -0.05) is 30.3 Å². The number of nitrogens with zero attached hydrogens (tertiary/aromatic N) is 3. The molecule has 2 N–H and O–H groups in total. The predicted octanol–water partition coefficient (Wildman–Crippen LogP) is 3.38. The number of aromatic nitrogens is 2. The van der Waals surface area contributed by atoms with Gasteiger partial charge in [0.05, 0.1) is 23.5 Å². The van der Waals surface area contributed by atoms with Crippen LogP contribution in [0.3, 0.4) is 0 Å². The van der Waals surface area contributed by atoms with Crippen molar-refractivity contribution in [2.45, 2.75) is 75.4 Å². The molecule has 9 nitrogen and oxygen atoms in total. The summed E-state index contributed by atoms with van der Waals surface area (Å²) in [5.74, 6) is -0.156. The lowest BCUT2D eigenvalue weighted by Gasteiger charge is -2.30. The van der Waals surface area contributed by atoms with Crippen LogP contribution in [0.25, 0.3) is 5.69 Å². The second-order valence-corrected chi connectivity index (χ2v) is 11.1. The number of benzene rings is 1. The van der Waals surface area contributed by atoms with Gasteiger partial charge in [-0.25, -0.2) is 9.78 Å². The molecule has 1 aliphatic heterocycles. The highest BCUT2D eigenvalue weighted by Crippen LogP contribution is 2.37. The normalized spacial score (nSPS) is 15.8. The lowest BCUT2D eigenvalue weighted by Crippen LogP contribution is -2.42. The number of para-hydroxylation sites is 2. The average molecular weight is 501 g/mol. The largest absolute Gasteiger partial charge is 0.506 e. The molecule has 35 heavy (non-hydrogen) atoms. The number of ether oxygens (including phenoxy) is 1. The van der Waals surface area contributed by atoms with Crippen LogP contribution in [0.15, 0.2) is 34.2 Å².